The highest BCUT2D eigenvalue weighted by Crippen LogP contribution is 2.21. The fraction of sp³-hybridized carbons (Fsp3) is 0.375. The van der Waals surface area contributed by atoms with E-state index >= 15 is 0 Å². The predicted molar refractivity (Wildman–Crippen MR) is 80.6 cm³/mol. The lowest BCUT2D eigenvalue weighted by Gasteiger charge is -2.14. The third-order valence-corrected chi connectivity index (χ3v) is 3.07. The molecule has 0 spiro atoms. The van der Waals surface area contributed by atoms with Crippen molar-refractivity contribution in [1.82, 2.24) is 0 Å². The number of rotatable bonds is 8. The molecule has 2 rings (SSSR count). The van der Waals surface area contributed by atoms with E-state index in [9.17, 15) is 5.11 Å². The number of aliphatic hydroxyl groups is 1. The van der Waals surface area contributed by atoms with Gasteiger partial charge in [0.2, 0.25) is 0 Å². The maximum absolute atomic E-state index is 9.87. The molecule has 2 N–H and O–H groups in total. The van der Waals surface area contributed by atoms with Crippen LogP contribution in [0.1, 0.15) is 11.3 Å². The van der Waals surface area contributed by atoms with Crippen LogP contribution in [0, 0.1) is 6.92 Å². The fourth-order valence-corrected chi connectivity index (χ4v) is 1.97. The van der Waals surface area contributed by atoms with Gasteiger partial charge in [-0.1, -0.05) is 0 Å². The van der Waals surface area contributed by atoms with Crippen LogP contribution in [0.3, 0.4) is 0 Å². The Balaban J connectivity index is 1.70. The number of furan rings is 1. The maximum Gasteiger partial charge on any atom is 0.129 e. The lowest BCUT2D eigenvalue weighted by atomic mass is 10.2. The normalized spacial score (nSPS) is 12.1. The van der Waals surface area contributed by atoms with Crippen LogP contribution in [0.4, 0.5) is 5.69 Å². The van der Waals surface area contributed by atoms with Crippen molar-refractivity contribution in [3.63, 3.8) is 0 Å². The molecule has 0 aliphatic rings. The van der Waals surface area contributed by atoms with Crippen LogP contribution >= 0.6 is 0 Å². The van der Waals surface area contributed by atoms with Gasteiger partial charge in [-0.15, -0.1) is 0 Å². The van der Waals surface area contributed by atoms with Crippen LogP contribution in [0.25, 0.3) is 0 Å². The van der Waals surface area contributed by atoms with Crippen molar-refractivity contribution >= 4 is 5.69 Å². The number of anilines is 1. The van der Waals surface area contributed by atoms with Gasteiger partial charge in [-0.3, -0.25) is 0 Å². The third kappa shape index (κ3) is 4.81. The molecule has 0 saturated heterocycles. The first kappa shape index (κ1) is 15.4. The van der Waals surface area contributed by atoms with E-state index in [0.29, 0.717) is 13.2 Å². The van der Waals surface area contributed by atoms with Gasteiger partial charge in [-0.25, -0.2) is 0 Å². The molecule has 1 heterocycles. The average Bonchev–Trinajstić information content (AvgIpc) is 2.98. The summed E-state index contributed by atoms with van der Waals surface area (Å²) in [5.41, 5.74) is 1.99. The smallest absolute Gasteiger partial charge is 0.129 e. The molecule has 1 atom stereocenters. The first-order valence-electron chi connectivity index (χ1n) is 6.85. The second kappa shape index (κ2) is 7.71. The van der Waals surface area contributed by atoms with Crippen molar-refractivity contribution in [2.24, 2.45) is 0 Å². The molecule has 114 valence electrons. The van der Waals surface area contributed by atoms with E-state index in [1.165, 1.54) is 0 Å². The zero-order valence-corrected chi connectivity index (χ0v) is 12.3. The first-order valence-corrected chi connectivity index (χ1v) is 6.85. The van der Waals surface area contributed by atoms with Gasteiger partial charge in [0.05, 0.1) is 26.1 Å². The Hall–Kier alpha value is -1.98. The molecular weight excluding hydrogens is 270 g/mol. The van der Waals surface area contributed by atoms with Gasteiger partial charge in [0, 0.05) is 12.2 Å². The molecule has 1 aromatic carbocycles. The molecular formula is C16H21NO4. The standard InChI is InChI=1S/C16H21NO4/c1-12-8-13(5-6-16(12)19-2)17-9-14(18)10-20-11-15-4-3-7-21-15/h3-8,14,17-18H,9-11H2,1-2H3. The zero-order valence-electron chi connectivity index (χ0n) is 12.3. The Morgan fingerprint density at radius 2 is 2.19 bits per heavy atom. The number of aliphatic hydroxyl groups excluding tert-OH is 1. The Morgan fingerprint density at radius 1 is 1.33 bits per heavy atom. The Labute approximate surface area is 124 Å². The van der Waals surface area contributed by atoms with E-state index in [2.05, 4.69) is 5.32 Å². The van der Waals surface area contributed by atoms with E-state index in [0.717, 1.165) is 22.8 Å². The van der Waals surface area contributed by atoms with Gasteiger partial charge in [-0.05, 0) is 42.8 Å². The highest BCUT2D eigenvalue weighted by Gasteiger charge is 2.06. The van der Waals surface area contributed by atoms with Gasteiger partial charge in [0.1, 0.15) is 18.1 Å². The van der Waals surface area contributed by atoms with E-state index < -0.39 is 6.10 Å². The SMILES string of the molecule is COc1ccc(NCC(O)COCc2ccco2)cc1C. The van der Waals surface area contributed by atoms with Crippen LogP contribution in [-0.2, 0) is 11.3 Å². The highest BCUT2D eigenvalue weighted by molar-refractivity contribution is 5.50. The van der Waals surface area contributed by atoms with Crippen LogP contribution in [-0.4, -0.2) is 31.5 Å². The Morgan fingerprint density at radius 3 is 2.86 bits per heavy atom. The molecule has 1 unspecified atom stereocenters. The summed E-state index contributed by atoms with van der Waals surface area (Å²) < 4.78 is 15.7. The summed E-state index contributed by atoms with van der Waals surface area (Å²) in [7, 11) is 1.65. The number of methoxy groups -OCH3 is 1. The Bertz CT molecular complexity index is 539. The molecule has 2 aromatic rings. The van der Waals surface area contributed by atoms with Gasteiger partial charge in [0.25, 0.3) is 0 Å². The average molecular weight is 291 g/mol. The zero-order chi connectivity index (χ0) is 15.1. The molecule has 0 bridgehead atoms. The van der Waals surface area contributed by atoms with E-state index in [1.807, 2.05) is 37.3 Å². The first-order chi connectivity index (χ1) is 10.2. The topological polar surface area (TPSA) is 63.9 Å². The number of nitrogens with one attached hydrogen (secondary N) is 1. The molecule has 21 heavy (non-hydrogen) atoms. The summed E-state index contributed by atoms with van der Waals surface area (Å²) in [4.78, 5) is 0. The molecule has 5 heteroatoms. The summed E-state index contributed by atoms with van der Waals surface area (Å²) in [6.07, 6.45) is 1.02. The molecule has 1 aromatic heterocycles. The summed E-state index contributed by atoms with van der Waals surface area (Å²) >= 11 is 0. The molecule has 5 nitrogen and oxygen atoms in total. The van der Waals surface area contributed by atoms with Crippen LogP contribution in [0.15, 0.2) is 41.0 Å². The van der Waals surface area contributed by atoms with Crippen molar-refractivity contribution in [1.29, 1.82) is 0 Å². The number of aryl methyl sites for hydroxylation is 1. The van der Waals surface area contributed by atoms with Gasteiger partial charge >= 0.3 is 0 Å². The maximum atomic E-state index is 9.87. The lowest BCUT2D eigenvalue weighted by molar-refractivity contribution is 0.0282. The van der Waals surface area contributed by atoms with Crippen LogP contribution < -0.4 is 10.1 Å². The summed E-state index contributed by atoms with van der Waals surface area (Å²) in [6.45, 7) is 3.02. The summed E-state index contributed by atoms with van der Waals surface area (Å²) in [5, 5.41) is 13.0. The largest absolute Gasteiger partial charge is 0.496 e. The Kier molecular flexibility index (Phi) is 5.66. The van der Waals surface area contributed by atoms with Gasteiger partial charge in [-0.2, -0.15) is 0 Å². The van der Waals surface area contributed by atoms with Gasteiger partial charge in [0.15, 0.2) is 0 Å². The number of benzene rings is 1. The summed E-state index contributed by atoms with van der Waals surface area (Å²) in [5.74, 6) is 1.60. The van der Waals surface area contributed by atoms with Crippen molar-refractivity contribution in [2.75, 3.05) is 25.6 Å². The summed E-state index contributed by atoms with van der Waals surface area (Å²) in [6, 6.07) is 9.45. The van der Waals surface area contributed by atoms with Crippen LogP contribution in [0.2, 0.25) is 0 Å². The molecule has 0 fully saturated rings. The number of hydrogen-bond acceptors (Lipinski definition) is 5. The minimum atomic E-state index is -0.581. The van der Waals surface area contributed by atoms with E-state index in [-0.39, 0.29) is 6.61 Å². The highest BCUT2D eigenvalue weighted by atomic mass is 16.5. The van der Waals surface area contributed by atoms with Crippen molar-refractivity contribution in [3.8, 4) is 5.75 Å². The van der Waals surface area contributed by atoms with Crippen molar-refractivity contribution in [3.05, 3.63) is 47.9 Å². The lowest BCUT2D eigenvalue weighted by Crippen LogP contribution is -2.24. The number of hydrogen-bond donors (Lipinski definition) is 2. The van der Waals surface area contributed by atoms with Crippen molar-refractivity contribution < 1.29 is 19.0 Å². The van der Waals surface area contributed by atoms with Gasteiger partial charge < -0.3 is 24.3 Å². The predicted octanol–water partition coefficient (Wildman–Crippen LogP) is 2.59. The second-order valence-corrected chi connectivity index (χ2v) is 4.81. The molecule has 0 aliphatic carbocycles. The molecule has 0 radical (unpaired) electrons. The third-order valence-electron chi connectivity index (χ3n) is 3.07. The quantitative estimate of drug-likeness (QED) is 0.782. The molecule has 0 aliphatic heterocycles. The van der Waals surface area contributed by atoms with E-state index in [1.54, 1.807) is 13.4 Å². The fourth-order valence-electron chi connectivity index (χ4n) is 1.97. The molecule has 0 amide bonds. The number of ether oxygens (including phenoxy) is 2. The van der Waals surface area contributed by atoms with E-state index in [4.69, 9.17) is 13.9 Å². The molecule has 0 saturated carbocycles. The van der Waals surface area contributed by atoms with Crippen molar-refractivity contribution in [2.45, 2.75) is 19.6 Å². The monoisotopic (exact) mass is 291 g/mol. The minimum absolute atomic E-state index is 0.253. The van der Waals surface area contributed by atoms with Crippen LogP contribution in [0.5, 0.6) is 5.75 Å². The minimum Gasteiger partial charge on any atom is -0.496 e. The second-order valence-electron chi connectivity index (χ2n) is 4.81.